The summed E-state index contributed by atoms with van der Waals surface area (Å²) in [6.45, 7) is 4.59. The first-order chi connectivity index (χ1) is 12.1. The number of aryl methyl sites for hydroxylation is 1. The number of fused-ring (bicyclic) bond motifs is 2. The molecule has 3 atom stereocenters. The highest BCUT2D eigenvalue weighted by Gasteiger charge is 2.38. The van der Waals surface area contributed by atoms with Crippen molar-refractivity contribution in [1.29, 1.82) is 0 Å². The van der Waals surface area contributed by atoms with E-state index in [0.29, 0.717) is 36.3 Å². The van der Waals surface area contributed by atoms with Crippen LogP contribution in [0.25, 0.3) is 0 Å². The van der Waals surface area contributed by atoms with Gasteiger partial charge < -0.3 is 9.73 Å². The molecule has 0 aliphatic heterocycles. The Morgan fingerprint density at radius 1 is 1.24 bits per heavy atom. The second-order valence-electron chi connectivity index (χ2n) is 7.38. The molecule has 2 heterocycles. The Morgan fingerprint density at radius 2 is 2.12 bits per heavy atom. The van der Waals surface area contributed by atoms with Crippen molar-refractivity contribution in [2.45, 2.75) is 52.5 Å². The molecule has 2 aromatic heterocycles. The summed E-state index contributed by atoms with van der Waals surface area (Å²) in [4.78, 5) is 12.4. The minimum absolute atomic E-state index is 0.159. The van der Waals surface area contributed by atoms with E-state index < -0.39 is 0 Å². The van der Waals surface area contributed by atoms with Crippen LogP contribution < -0.4 is 5.32 Å². The van der Waals surface area contributed by atoms with E-state index in [-0.39, 0.29) is 5.91 Å². The van der Waals surface area contributed by atoms with E-state index in [0.717, 1.165) is 24.2 Å². The van der Waals surface area contributed by atoms with E-state index in [1.54, 1.807) is 11.6 Å². The van der Waals surface area contributed by atoms with Gasteiger partial charge in [-0.2, -0.15) is 0 Å². The highest BCUT2D eigenvalue weighted by Crippen LogP contribution is 2.49. The molecular weight excluding hydrogens is 320 g/mol. The minimum Gasteiger partial charge on any atom is -0.424 e. The maximum Gasteiger partial charge on any atom is 0.273 e. The zero-order valence-electron chi connectivity index (χ0n) is 14.7. The number of nitrogens with one attached hydrogen (secondary N) is 1. The van der Waals surface area contributed by atoms with Gasteiger partial charge in [0, 0.05) is 13.5 Å². The van der Waals surface area contributed by atoms with Crippen LogP contribution in [0, 0.1) is 31.6 Å². The third-order valence-corrected chi connectivity index (χ3v) is 5.74. The van der Waals surface area contributed by atoms with Crippen molar-refractivity contribution in [2.75, 3.05) is 6.54 Å². The molecule has 25 heavy (non-hydrogen) atoms. The van der Waals surface area contributed by atoms with Crippen LogP contribution in [-0.4, -0.2) is 37.6 Å². The fourth-order valence-corrected chi connectivity index (χ4v) is 4.43. The largest absolute Gasteiger partial charge is 0.424 e. The summed E-state index contributed by atoms with van der Waals surface area (Å²) in [7, 11) is 0. The lowest BCUT2D eigenvalue weighted by atomic mass is 9.86. The van der Waals surface area contributed by atoms with Crippen LogP contribution in [0.5, 0.6) is 0 Å². The van der Waals surface area contributed by atoms with Gasteiger partial charge in [-0.05, 0) is 50.4 Å². The Bertz CT molecular complexity index is 767. The van der Waals surface area contributed by atoms with Crippen molar-refractivity contribution in [1.82, 2.24) is 30.5 Å². The average Bonchev–Trinajstić information content (AvgIpc) is 3.35. The van der Waals surface area contributed by atoms with Crippen LogP contribution in [0.4, 0.5) is 0 Å². The lowest BCUT2D eigenvalue weighted by molar-refractivity contribution is 0.0944. The summed E-state index contributed by atoms with van der Waals surface area (Å²) < 4.78 is 6.96. The molecular formula is C17H24N6O2. The third-order valence-electron chi connectivity index (χ3n) is 5.74. The summed E-state index contributed by atoms with van der Waals surface area (Å²) in [5, 5.41) is 18.8. The molecule has 2 aliphatic carbocycles. The Hall–Kier alpha value is -2.25. The van der Waals surface area contributed by atoms with E-state index in [1.807, 2.05) is 6.92 Å². The second kappa shape index (κ2) is 6.57. The monoisotopic (exact) mass is 344 g/mol. The maximum absolute atomic E-state index is 12.4. The molecule has 2 bridgehead atoms. The van der Waals surface area contributed by atoms with Crippen LogP contribution in [0.1, 0.15) is 60.1 Å². The lowest BCUT2D eigenvalue weighted by Crippen LogP contribution is -2.28. The number of carbonyl (C=O) groups excluding carboxylic acids is 1. The van der Waals surface area contributed by atoms with Gasteiger partial charge >= 0.3 is 0 Å². The Labute approximate surface area is 146 Å². The topological polar surface area (TPSA) is 98.7 Å². The van der Waals surface area contributed by atoms with Crippen LogP contribution in [0.3, 0.4) is 0 Å². The van der Waals surface area contributed by atoms with Crippen LogP contribution in [0.2, 0.25) is 0 Å². The molecule has 0 saturated heterocycles. The number of carbonyl (C=O) groups is 1. The molecule has 3 unspecified atom stereocenters. The van der Waals surface area contributed by atoms with Gasteiger partial charge in [-0.1, -0.05) is 11.6 Å². The minimum atomic E-state index is -0.159. The van der Waals surface area contributed by atoms with E-state index in [2.05, 4.69) is 25.8 Å². The third kappa shape index (κ3) is 3.29. The van der Waals surface area contributed by atoms with E-state index >= 15 is 0 Å². The summed E-state index contributed by atoms with van der Waals surface area (Å²) in [5.41, 5.74) is 1.07. The number of rotatable bonds is 6. The molecule has 2 saturated carbocycles. The Kier molecular flexibility index (Phi) is 4.27. The van der Waals surface area contributed by atoms with Crippen LogP contribution in [-0.2, 0) is 6.54 Å². The van der Waals surface area contributed by atoms with Gasteiger partial charge in [0.05, 0.1) is 5.69 Å². The Morgan fingerprint density at radius 3 is 2.80 bits per heavy atom. The van der Waals surface area contributed by atoms with Crippen molar-refractivity contribution in [2.24, 2.45) is 17.8 Å². The first-order valence-electron chi connectivity index (χ1n) is 9.07. The van der Waals surface area contributed by atoms with Crippen molar-refractivity contribution >= 4 is 5.91 Å². The van der Waals surface area contributed by atoms with Gasteiger partial charge in [0.15, 0.2) is 5.69 Å². The van der Waals surface area contributed by atoms with Crippen molar-refractivity contribution in [3.63, 3.8) is 0 Å². The molecule has 0 aromatic carbocycles. The molecule has 4 rings (SSSR count). The molecule has 0 spiro atoms. The number of amides is 1. The van der Waals surface area contributed by atoms with Crippen molar-refractivity contribution < 1.29 is 9.21 Å². The molecule has 1 amide bonds. The van der Waals surface area contributed by atoms with Crippen molar-refractivity contribution in [3.05, 3.63) is 23.2 Å². The zero-order valence-corrected chi connectivity index (χ0v) is 14.7. The number of aromatic nitrogens is 5. The average molecular weight is 344 g/mol. The Balaban J connectivity index is 1.31. The zero-order chi connectivity index (χ0) is 17.4. The van der Waals surface area contributed by atoms with E-state index in [1.165, 1.54) is 25.7 Å². The molecule has 8 heteroatoms. The summed E-state index contributed by atoms with van der Waals surface area (Å²) in [6.07, 6.45) is 6.61. The number of hydrogen-bond donors (Lipinski definition) is 1. The normalized spacial score (nSPS) is 24.8. The van der Waals surface area contributed by atoms with Gasteiger partial charge in [-0.15, -0.1) is 15.3 Å². The van der Waals surface area contributed by atoms with Crippen LogP contribution >= 0.6 is 0 Å². The van der Waals surface area contributed by atoms with Gasteiger partial charge in [0.2, 0.25) is 11.8 Å². The van der Waals surface area contributed by atoms with E-state index in [9.17, 15) is 4.79 Å². The van der Waals surface area contributed by atoms with E-state index in [4.69, 9.17) is 4.42 Å². The first kappa shape index (κ1) is 16.2. The predicted molar refractivity (Wildman–Crippen MR) is 88.8 cm³/mol. The molecule has 2 aliphatic rings. The van der Waals surface area contributed by atoms with Gasteiger partial charge in [0.1, 0.15) is 6.54 Å². The molecule has 2 aromatic rings. The maximum atomic E-state index is 12.4. The van der Waals surface area contributed by atoms with Gasteiger partial charge in [0.25, 0.3) is 5.91 Å². The fourth-order valence-electron chi connectivity index (χ4n) is 4.43. The highest BCUT2D eigenvalue weighted by molar-refractivity contribution is 5.93. The highest BCUT2D eigenvalue weighted by atomic mass is 16.4. The number of nitrogens with zero attached hydrogens (tertiary/aromatic N) is 5. The first-order valence-corrected chi connectivity index (χ1v) is 9.07. The summed E-state index contributed by atoms with van der Waals surface area (Å²) >= 11 is 0. The number of hydrogen-bond acceptors (Lipinski definition) is 6. The standard InChI is InChI=1S/C17H24N6O2/c1-10-16(21-22-23(10)9-15-20-19-11(2)25-15)17(24)18-6-5-14-8-12-3-4-13(14)7-12/h12-14H,3-9H2,1-2H3,(H,18,24). The second-order valence-corrected chi connectivity index (χ2v) is 7.38. The lowest BCUT2D eigenvalue weighted by Gasteiger charge is -2.21. The fraction of sp³-hybridized carbons (Fsp3) is 0.706. The SMILES string of the molecule is Cc1nnc(Cn2nnc(C(=O)NCCC3CC4CCC3C4)c2C)o1. The molecule has 0 radical (unpaired) electrons. The van der Waals surface area contributed by atoms with Crippen molar-refractivity contribution in [3.8, 4) is 0 Å². The molecule has 134 valence electrons. The van der Waals surface area contributed by atoms with Gasteiger partial charge in [-0.3, -0.25) is 4.79 Å². The summed E-state index contributed by atoms with van der Waals surface area (Å²) in [6, 6.07) is 0. The molecule has 2 fully saturated rings. The predicted octanol–water partition coefficient (Wildman–Crippen LogP) is 1.88. The van der Waals surface area contributed by atoms with Crippen LogP contribution in [0.15, 0.2) is 4.42 Å². The smallest absolute Gasteiger partial charge is 0.273 e. The summed E-state index contributed by atoms with van der Waals surface area (Å²) in [5.74, 6) is 3.42. The quantitative estimate of drug-likeness (QED) is 0.859. The molecule has 1 N–H and O–H groups in total. The molecule has 8 nitrogen and oxygen atoms in total. The van der Waals surface area contributed by atoms with Gasteiger partial charge in [-0.25, -0.2) is 4.68 Å².